The van der Waals surface area contributed by atoms with Crippen LogP contribution in [-0.2, 0) is 17.9 Å². The van der Waals surface area contributed by atoms with E-state index in [1.165, 1.54) is 94.6 Å². The summed E-state index contributed by atoms with van der Waals surface area (Å²) in [6.45, 7) is 21.1. The molecule has 0 saturated heterocycles. The number of carbonyl (C=O) groups excluding carboxylic acids is 2. The van der Waals surface area contributed by atoms with Crippen molar-refractivity contribution in [2.75, 3.05) is 0 Å². The second-order valence-electron chi connectivity index (χ2n) is 23.7. The molecule has 0 aliphatic heterocycles. The number of benzene rings is 12. The molecule has 0 aromatic heterocycles. The van der Waals surface area contributed by atoms with Crippen molar-refractivity contribution in [3.05, 3.63) is 363 Å². The predicted octanol–water partition coefficient (Wildman–Crippen LogP) is 22.0. The zero-order chi connectivity index (χ0) is 64.9. The summed E-state index contributed by atoms with van der Waals surface area (Å²) in [5, 5.41) is 0. The molecule has 0 radical (unpaired) electrons. The standard InChI is InChI=1S/C22H20O4.C20H18.C15H14O2.C15H14.C14H14/c1-16-3-7-18(8-4-16)15-24-26-21-13-11-20(12-14-21)25-22(23)19-9-5-17(2)6-10-19;1-15-3-7-17(8-4-15)19-11-13-20(14-12-19)18-9-5-16(2)6-10-18;1-11-3-7-13(8-4-11)15(16)17-14-9-5-12(2)6-10-14;1-10-3-5-14-12(7-10)9-13-8-11(2)4-6-15(13)14;1-11-3-7-13(8-4-11)14-9-5-12(2)6-10-14/h3-14H,15H2,1-2H3;3-14H,1-2H3;3-10H,1-2H3;3-8H,9H2,1-2H3;3-10H,1-2H3. The summed E-state index contributed by atoms with van der Waals surface area (Å²) in [5.74, 6) is 0.832. The largest absolute Gasteiger partial charge is 0.423 e. The van der Waals surface area contributed by atoms with Crippen molar-refractivity contribution in [1.82, 2.24) is 0 Å². The van der Waals surface area contributed by atoms with Crippen molar-refractivity contribution in [2.45, 2.75) is 82.3 Å². The van der Waals surface area contributed by atoms with Gasteiger partial charge in [-0.2, -0.15) is 4.89 Å². The molecular formula is C86H80O6. The van der Waals surface area contributed by atoms with Crippen LogP contribution < -0.4 is 14.4 Å². The fourth-order valence-corrected chi connectivity index (χ4v) is 10.0. The number of rotatable bonds is 11. The predicted molar refractivity (Wildman–Crippen MR) is 379 cm³/mol. The molecule has 0 spiro atoms. The van der Waals surface area contributed by atoms with Crippen molar-refractivity contribution in [2.24, 2.45) is 0 Å². The molecule has 6 heteroatoms. The third-order valence-electron chi connectivity index (χ3n) is 15.6. The average molecular weight is 1210 g/mol. The van der Waals surface area contributed by atoms with Crippen molar-refractivity contribution in [3.8, 4) is 61.8 Å². The third kappa shape index (κ3) is 19.7. The first-order valence-corrected chi connectivity index (χ1v) is 31.1. The van der Waals surface area contributed by atoms with Crippen LogP contribution in [0.15, 0.2) is 279 Å². The Morgan fingerprint density at radius 1 is 0.272 bits per heavy atom. The van der Waals surface area contributed by atoms with E-state index in [0.717, 1.165) is 28.7 Å². The molecule has 1 aliphatic carbocycles. The van der Waals surface area contributed by atoms with Gasteiger partial charge in [0.05, 0.1) is 11.1 Å². The lowest BCUT2D eigenvalue weighted by atomic mass is 9.99. The van der Waals surface area contributed by atoms with Gasteiger partial charge in [-0.05, 0) is 198 Å². The van der Waals surface area contributed by atoms with E-state index >= 15 is 0 Å². The van der Waals surface area contributed by atoms with Gasteiger partial charge < -0.3 is 14.4 Å². The molecule has 92 heavy (non-hydrogen) atoms. The van der Waals surface area contributed by atoms with Crippen molar-refractivity contribution in [1.29, 1.82) is 0 Å². The molecule has 460 valence electrons. The number of hydrogen-bond acceptors (Lipinski definition) is 6. The minimum Gasteiger partial charge on any atom is -0.423 e. The van der Waals surface area contributed by atoms with E-state index in [0.29, 0.717) is 35.0 Å². The van der Waals surface area contributed by atoms with E-state index < -0.39 is 5.97 Å². The summed E-state index contributed by atoms with van der Waals surface area (Å²) in [4.78, 5) is 34.4. The van der Waals surface area contributed by atoms with E-state index in [2.05, 4.69) is 199 Å². The Balaban J connectivity index is 0.000000138. The van der Waals surface area contributed by atoms with Gasteiger partial charge in [0.2, 0.25) is 0 Å². The van der Waals surface area contributed by atoms with Crippen molar-refractivity contribution >= 4 is 11.9 Å². The van der Waals surface area contributed by atoms with E-state index in [1.54, 1.807) is 60.7 Å². The molecule has 0 amide bonds. The Labute approximate surface area is 544 Å². The highest BCUT2D eigenvalue weighted by molar-refractivity contribution is 5.91. The minimum atomic E-state index is -0.394. The van der Waals surface area contributed by atoms with E-state index in [1.807, 2.05) is 88.4 Å². The summed E-state index contributed by atoms with van der Waals surface area (Å²) in [5.41, 5.74) is 28.0. The molecule has 0 fully saturated rings. The number of hydrogen-bond donors (Lipinski definition) is 0. The minimum absolute atomic E-state index is 0.325. The summed E-state index contributed by atoms with van der Waals surface area (Å²) >= 11 is 0. The van der Waals surface area contributed by atoms with Gasteiger partial charge in [0.15, 0.2) is 5.75 Å². The van der Waals surface area contributed by atoms with Gasteiger partial charge in [-0.15, -0.1) is 0 Å². The topological polar surface area (TPSA) is 71.1 Å². The second-order valence-corrected chi connectivity index (χ2v) is 23.7. The SMILES string of the molecule is Cc1ccc(-c2ccc(-c3ccc(C)cc3)cc2)cc1.Cc1ccc(-c2ccc(C)cc2)cc1.Cc1ccc(COOc2ccc(OC(=O)c3ccc(C)cc3)cc2)cc1.Cc1ccc(OC(=O)c2ccc(C)cc2)cc1.Cc1ccc2c(c1)Cc1cc(C)ccc1-2. The van der Waals surface area contributed by atoms with Crippen LogP contribution in [0.5, 0.6) is 17.2 Å². The molecule has 0 atom stereocenters. The van der Waals surface area contributed by atoms with Gasteiger partial charge >= 0.3 is 11.9 Å². The lowest BCUT2D eigenvalue weighted by molar-refractivity contribution is -0.217. The quantitative estimate of drug-likeness (QED) is 0.0556. The molecular weight excluding hydrogens is 1130 g/mol. The molecule has 12 aromatic carbocycles. The third-order valence-corrected chi connectivity index (χ3v) is 15.6. The van der Waals surface area contributed by atoms with Gasteiger partial charge in [0.1, 0.15) is 18.1 Å². The Bertz CT molecular complexity index is 4150. The first-order valence-electron chi connectivity index (χ1n) is 31.1. The zero-order valence-corrected chi connectivity index (χ0v) is 54.4. The molecule has 1 aliphatic rings. The van der Waals surface area contributed by atoms with Crippen LogP contribution in [0.3, 0.4) is 0 Å². The Hall–Kier alpha value is -10.7. The number of aryl methyl sites for hydroxylation is 10. The summed E-state index contributed by atoms with van der Waals surface area (Å²) < 4.78 is 10.6. The summed E-state index contributed by atoms with van der Waals surface area (Å²) in [6.07, 6.45) is 1.11. The van der Waals surface area contributed by atoms with Gasteiger partial charge in [-0.1, -0.05) is 274 Å². The van der Waals surface area contributed by atoms with E-state index in [9.17, 15) is 9.59 Å². The summed E-state index contributed by atoms with van der Waals surface area (Å²) in [6, 6.07) is 93.6. The van der Waals surface area contributed by atoms with Gasteiger partial charge in [0.25, 0.3) is 0 Å². The number of ether oxygens (including phenoxy) is 2. The highest BCUT2D eigenvalue weighted by Gasteiger charge is 2.18. The highest BCUT2D eigenvalue weighted by atomic mass is 17.2. The Morgan fingerprint density at radius 3 is 0.826 bits per heavy atom. The molecule has 0 N–H and O–H groups in total. The molecule has 13 rings (SSSR count). The van der Waals surface area contributed by atoms with Crippen LogP contribution in [0.4, 0.5) is 0 Å². The molecule has 0 saturated carbocycles. The molecule has 0 heterocycles. The molecule has 0 unspecified atom stereocenters. The van der Waals surface area contributed by atoms with Crippen LogP contribution >= 0.6 is 0 Å². The number of fused-ring (bicyclic) bond motifs is 3. The molecule has 0 bridgehead atoms. The van der Waals surface area contributed by atoms with E-state index in [-0.39, 0.29) is 5.97 Å². The normalized spacial score (nSPS) is 10.6. The maximum Gasteiger partial charge on any atom is 0.343 e. The maximum atomic E-state index is 12.1. The van der Waals surface area contributed by atoms with Crippen LogP contribution in [0.25, 0.3) is 44.5 Å². The van der Waals surface area contributed by atoms with Crippen LogP contribution in [-0.4, -0.2) is 11.9 Å². The van der Waals surface area contributed by atoms with Gasteiger partial charge in [-0.3, -0.25) is 0 Å². The lowest BCUT2D eigenvalue weighted by Gasteiger charge is -2.07. The van der Waals surface area contributed by atoms with E-state index in [4.69, 9.17) is 19.2 Å². The van der Waals surface area contributed by atoms with Crippen LogP contribution in [0, 0.1) is 69.2 Å². The molecule has 6 nitrogen and oxygen atoms in total. The average Bonchev–Trinajstić information content (AvgIpc) is 1.74. The van der Waals surface area contributed by atoms with Gasteiger partial charge in [0, 0.05) is 0 Å². The summed E-state index contributed by atoms with van der Waals surface area (Å²) in [7, 11) is 0. The van der Waals surface area contributed by atoms with Crippen LogP contribution in [0.1, 0.15) is 93.0 Å². The Kier molecular flexibility index (Phi) is 23.0. The molecule has 12 aromatic rings. The fourth-order valence-electron chi connectivity index (χ4n) is 10.0. The van der Waals surface area contributed by atoms with Gasteiger partial charge in [-0.25, -0.2) is 9.59 Å². The highest BCUT2D eigenvalue weighted by Crippen LogP contribution is 2.37. The number of carbonyl (C=O) groups is 2. The first kappa shape index (κ1) is 65.8. The van der Waals surface area contributed by atoms with Crippen LogP contribution in [0.2, 0.25) is 0 Å². The Morgan fingerprint density at radius 2 is 0.511 bits per heavy atom. The smallest absolute Gasteiger partial charge is 0.343 e. The monoisotopic (exact) mass is 1210 g/mol. The number of esters is 2. The first-order chi connectivity index (χ1) is 44.5. The second kappa shape index (κ2) is 32.2. The van der Waals surface area contributed by atoms with Crippen molar-refractivity contribution in [3.63, 3.8) is 0 Å². The fraction of sp³-hybridized carbons (Fsp3) is 0.140. The lowest BCUT2D eigenvalue weighted by Crippen LogP contribution is -2.08. The zero-order valence-electron chi connectivity index (χ0n) is 54.4. The maximum absolute atomic E-state index is 12.1. The van der Waals surface area contributed by atoms with Crippen molar-refractivity contribution < 1.29 is 28.8 Å².